The maximum atomic E-state index is 12.6. The predicted molar refractivity (Wildman–Crippen MR) is 104 cm³/mol. The van der Waals surface area contributed by atoms with Crippen molar-refractivity contribution in [3.8, 4) is 0 Å². The Labute approximate surface area is 160 Å². The summed E-state index contributed by atoms with van der Waals surface area (Å²) in [4.78, 5) is 36.2. The number of rotatable bonds is 5. The number of aromatic nitrogens is 2. The number of carbonyl (C=O) groups excluding carboxylic acids is 1. The summed E-state index contributed by atoms with van der Waals surface area (Å²) in [6, 6.07) is 17.6. The van der Waals surface area contributed by atoms with Crippen molar-refractivity contribution in [3.05, 3.63) is 104 Å². The van der Waals surface area contributed by atoms with Crippen molar-refractivity contribution in [3.63, 3.8) is 0 Å². The van der Waals surface area contributed by atoms with E-state index in [1.54, 1.807) is 12.1 Å². The average molecular weight is 384 g/mol. The van der Waals surface area contributed by atoms with Gasteiger partial charge < -0.3 is 5.32 Å². The molecule has 3 aromatic rings. The van der Waals surface area contributed by atoms with Gasteiger partial charge >= 0.3 is 5.69 Å². The fourth-order valence-electron chi connectivity index (χ4n) is 2.76. The molecule has 1 atom stereocenters. The Balaban J connectivity index is 1.87. The Morgan fingerprint density at radius 1 is 1.00 bits per heavy atom. The van der Waals surface area contributed by atoms with Crippen molar-refractivity contribution < 1.29 is 4.79 Å². The molecule has 1 unspecified atom stereocenters. The standard InChI is InChI=1S/C20H18ClN3O3/c1-23-18(26)11-12-24(20(23)27)13-17(25)22-19(14-5-3-2-4-6-14)15-7-9-16(21)10-8-15/h2-12,19H,13H2,1H3,(H,22,25). The molecule has 0 spiro atoms. The summed E-state index contributed by atoms with van der Waals surface area (Å²) in [5.41, 5.74) is 0.813. The highest BCUT2D eigenvalue weighted by Crippen LogP contribution is 2.23. The molecule has 2 aromatic carbocycles. The smallest absolute Gasteiger partial charge is 0.331 e. The first-order valence-electron chi connectivity index (χ1n) is 8.32. The summed E-state index contributed by atoms with van der Waals surface area (Å²) in [5.74, 6) is -0.348. The van der Waals surface area contributed by atoms with Crippen LogP contribution in [0.3, 0.4) is 0 Å². The van der Waals surface area contributed by atoms with Gasteiger partial charge in [0.1, 0.15) is 6.54 Å². The largest absolute Gasteiger partial charge is 0.344 e. The topological polar surface area (TPSA) is 73.1 Å². The first-order chi connectivity index (χ1) is 13.0. The van der Waals surface area contributed by atoms with Gasteiger partial charge in [-0.3, -0.25) is 18.7 Å². The van der Waals surface area contributed by atoms with Crippen molar-refractivity contribution in [2.24, 2.45) is 7.05 Å². The van der Waals surface area contributed by atoms with E-state index in [0.717, 1.165) is 15.7 Å². The third-order valence-corrected chi connectivity index (χ3v) is 4.47. The van der Waals surface area contributed by atoms with Crippen LogP contribution in [0, 0.1) is 0 Å². The van der Waals surface area contributed by atoms with Crippen LogP contribution in [0.1, 0.15) is 17.2 Å². The second-order valence-electron chi connectivity index (χ2n) is 6.09. The minimum Gasteiger partial charge on any atom is -0.344 e. The molecule has 0 aliphatic heterocycles. The van der Waals surface area contributed by atoms with E-state index >= 15 is 0 Å². The van der Waals surface area contributed by atoms with Crippen LogP contribution >= 0.6 is 11.6 Å². The summed E-state index contributed by atoms with van der Waals surface area (Å²) in [5, 5.41) is 3.55. The third kappa shape index (κ3) is 4.35. The fraction of sp³-hybridized carbons (Fsp3) is 0.150. The fourth-order valence-corrected chi connectivity index (χ4v) is 2.88. The van der Waals surface area contributed by atoms with Gasteiger partial charge in [0.2, 0.25) is 5.91 Å². The highest BCUT2D eigenvalue weighted by atomic mass is 35.5. The molecule has 1 N–H and O–H groups in total. The van der Waals surface area contributed by atoms with E-state index in [-0.39, 0.29) is 18.5 Å². The molecular weight excluding hydrogens is 366 g/mol. The number of amides is 1. The maximum absolute atomic E-state index is 12.6. The van der Waals surface area contributed by atoms with E-state index in [9.17, 15) is 14.4 Å². The molecular formula is C20H18ClN3O3. The molecule has 138 valence electrons. The van der Waals surface area contributed by atoms with Crippen molar-refractivity contribution in [1.29, 1.82) is 0 Å². The van der Waals surface area contributed by atoms with E-state index < -0.39 is 11.2 Å². The van der Waals surface area contributed by atoms with Gasteiger partial charge in [-0.15, -0.1) is 0 Å². The van der Waals surface area contributed by atoms with Gasteiger partial charge in [0.05, 0.1) is 6.04 Å². The number of halogens is 1. The van der Waals surface area contributed by atoms with E-state index in [0.29, 0.717) is 5.02 Å². The lowest BCUT2D eigenvalue weighted by Crippen LogP contribution is -2.41. The Morgan fingerprint density at radius 3 is 2.30 bits per heavy atom. The summed E-state index contributed by atoms with van der Waals surface area (Å²) in [7, 11) is 1.37. The molecule has 6 nitrogen and oxygen atoms in total. The molecule has 0 fully saturated rings. The van der Waals surface area contributed by atoms with E-state index in [2.05, 4.69) is 5.32 Å². The molecule has 1 heterocycles. The van der Waals surface area contributed by atoms with Crippen molar-refractivity contribution in [1.82, 2.24) is 14.5 Å². The minimum atomic E-state index is -0.541. The highest BCUT2D eigenvalue weighted by molar-refractivity contribution is 6.30. The molecule has 0 radical (unpaired) electrons. The van der Waals surface area contributed by atoms with Gasteiger partial charge in [0.25, 0.3) is 5.56 Å². The van der Waals surface area contributed by atoms with Gasteiger partial charge in [-0.05, 0) is 23.3 Å². The summed E-state index contributed by atoms with van der Waals surface area (Å²) < 4.78 is 2.15. The minimum absolute atomic E-state index is 0.191. The number of hydrogen-bond acceptors (Lipinski definition) is 3. The van der Waals surface area contributed by atoms with Crippen LogP contribution < -0.4 is 16.6 Å². The van der Waals surface area contributed by atoms with E-state index in [1.165, 1.54) is 23.9 Å². The zero-order valence-corrected chi connectivity index (χ0v) is 15.4. The molecule has 7 heteroatoms. The highest BCUT2D eigenvalue weighted by Gasteiger charge is 2.17. The molecule has 0 aliphatic rings. The summed E-state index contributed by atoms with van der Waals surface area (Å²) in [6.45, 7) is -0.191. The van der Waals surface area contributed by atoms with E-state index in [1.807, 2.05) is 42.5 Å². The second-order valence-corrected chi connectivity index (χ2v) is 6.52. The van der Waals surface area contributed by atoms with Gasteiger partial charge in [0.15, 0.2) is 0 Å². The van der Waals surface area contributed by atoms with Gasteiger partial charge in [-0.1, -0.05) is 54.1 Å². The van der Waals surface area contributed by atoms with Crippen LogP contribution in [0.15, 0.2) is 76.4 Å². The maximum Gasteiger partial charge on any atom is 0.331 e. The zero-order chi connectivity index (χ0) is 19.4. The molecule has 0 bridgehead atoms. The number of carbonyl (C=O) groups is 1. The number of hydrogen-bond donors (Lipinski definition) is 1. The number of nitrogens with zero attached hydrogens (tertiary/aromatic N) is 2. The molecule has 0 saturated heterocycles. The molecule has 1 amide bonds. The monoisotopic (exact) mass is 383 g/mol. The normalized spacial score (nSPS) is 11.8. The van der Waals surface area contributed by atoms with Gasteiger partial charge in [-0.25, -0.2) is 4.79 Å². The van der Waals surface area contributed by atoms with Crippen LogP contribution in [0.5, 0.6) is 0 Å². The molecule has 27 heavy (non-hydrogen) atoms. The first-order valence-corrected chi connectivity index (χ1v) is 8.70. The van der Waals surface area contributed by atoms with Crippen molar-refractivity contribution >= 4 is 17.5 Å². The van der Waals surface area contributed by atoms with Crippen LogP contribution in [-0.4, -0.2) is 15.0 Å². The second kappa shape index (κ2) is 8.05. The van der Waals surface area contributed by atoms with Crippen molar-refractivity contribution in [2.75, 3.05) is 0 Å². The number of benzene rings is 2. The lowest BCUT2D eigenvalue weighted by atomic mass is 9.98. The Hall–Kier alpha value is -3.12. The molecule has 3 rings (SSSR count). The van der Waals surface area contributed by atoms with Gasteiger partial charge in [-0.2, -0.15) is 0 Å². The van der Waals surface area contributed by atoms with Crippen LogP contribution in [0.2, 0.25) is 5.02 Å². The van der Waals surface area contributed by atoms with Crippen LogP contribution in [0.4, 0.5) is 0 Å². The first kappa shape index (κ1) is 18.7. The third-order valence-electron chi connectivity index (χ3n) is 4.22. The molecule has 0 aliphatic carbocycles. The Morgan fingerprint density at radius 2 is 1.63 bits per heavy atom. The number of nitrogens with one attached hydrogen (secondary N) is 1. The molecule has 1 aromatic heterocycles. The average Bonchev–Trinajstić information content (AvgIpc) is 2.68. The van der Waals surface area contributed by atoms with Crippen LogP contribution in [0.25, 0.3) is 0 Å². The Bertz CT molecular complexity index is 1060. The summed E-state index contributed by atoms with van der Waals surface area (Å²) in [6.07, 6.45) is 1.32. The summed E-state index contributed by atoms with van der Waals surface area (Å²) >= 11 is 5.97. The SMILES string of the molecule is Cn1c(=O)ccn(CC(=O)NC(c2ccccc2)c2ccc(Cl)cc2)c1=O. The zero-order valence-electron chi connectivity index (χ0n) is 14.6. The van der Waals surface area contributed by atoms with Crippen LogP contribution in [-0.2, 0) is 18.4 Å². The predicted octanol–water partition coefficient (Wildman–Crippen LogP) is 2.11. The Kier molecular flexibility index (Phi) is 5.57. The lowest BCUT2D eigenvalue weighted by Gasteiger charge is -2.20. The van der Waals surface area contributed by atoms with Crippen molar-refractivity contribution in [2.45, 2.75) is 12.6 Å². The van der Waals surface area contributed by atoms with Gasteiger partial charge in [0, 0.05) is 24.3 Å². The van der Waals surface area contributed by atoms with E-state index in [4.69, 9.17) is 11.6 Å². The molecule has 0 saturated carbocycles. The lowest BCUT2D eigenvalue weighted by molar-refractivity contribution is -0.122. The quantitative estimate of drug-likeness (QED) is 0.733.